The van der Waals surface area contributed by atoms with Crippen LogP contribution in [0.15, 0.2) is 46.9 Å². The number of hydrogen-bond acceptors (Lipinski definition) is 4. The maximum Gasteiger partial charge on any atom is 0.408 e. The molecule has 30 heavy (non-hydrogen) atoms. The second kappa shape index (κ2) is 11.3. The summed E-state index contributed by atoms with van der Waals surface area (Å²) in [5.74, 6) is -1.34. The topological polar surface area (TPSA) is 111 Å². The molecule has 7 nitrogen and oxygen atoms in total. The quantitative estimate of drug-likeness (QED) is 0.608. The summed E-state index contributed by atoms with van der Waals surface area (Å²) < 4.78 is 17.8. The van der Waals surface area contributed by atoms with Crippen molar-refractivity contribution in [2.45, 2.75) is 33.3 Å². The van der Waals surface area contributed by atoms with Gasteiger partial charge < -0.3 is 21.1 Å². The Kier molecular flexibility index (Phi) is 9.45. The Balaban J connectivity index is 0.000000467. The summed E-state index contributed by atoms with van der Waals surface area (Å²) in [4.78, 5) is 34.6. The van der Waals surface area contributed by atoms with Gasteiger partial charge in [0, 0.05) is 4.47 Å². The van der Waals surface area contributed by atoms with E-state index in [1.807, 2.05) is 13.0 Å². The summed E-state index contributed by atoms with van der Waals surface area (Å²) in [6.07, 6.45) is -0.700. The summed E-state index contributed by atoms with van der Waals surface area (Å²) >= 11 is 3.21. The smallest absolute Gasteiger partial charge is 0.408 e. The van der Waals surface area contributed by atoms with Crippen LogP contribution in [0, 0.1) is 12.7 Å². The first kappa shape index (κ1) is 25.1. The molecule has 0 aliphatic carbocycles. The van der Waals surface area contributed by atoms with Gasteiger partial charge in [-0.25, -0.2) is 9.18 Å². The average Bonchev–Trinajstić information content (AvgIpc) is 2.60. The van der Waals surface area contributed by atoms with Crippen molar-refractivity contribution in [1.29, 1.82) is 0 Å². The lowest BCUT2D eigenvalue weighted by atomic mass is 10.1. The van der Waals surface area contributed by atoms with E-state index in [0.29, 0.717) is 4.47 Å². The molecule has 162 valence electrons. The lowest BCUT2D eigenvalue weighted by Gasteiger charge is -2.19. The van der Waals surface area contributed by atoms with Gasteiger partial charge in [-0.1, -0.05) is 28.1 Å². The molecule has 0 aliphatic rings. The van der Waals surface area contributed by atoms with Gasteiger partial charge >= 0.3 is 6.09 Å². The Morgan fingerprint density at radius 2 is 1.80 bits per heavy atom. The first-order chi connectivity index (χ1) is 13.9. The minimum absolute atomic E-state index is 0.162. The van der Waals surface area contributed by atoms with Crippen molar-refractivity contribution in [1.82, 2.24) is 5.32 Å². The number of hydrogen-bond donors (Lipinski definition) is 3. The number of halogens is 2. The van der Waals surface area contributed by atoms with E-state index >= 15 is 0 Å². The van der Waals surface area contributed by atoms with Crippen molar-refractivity contribution >= 4 is 39.5 Å². The van der Waals surface area contributed by atoms with E-state index in [1.165, 1.54) is 24.3 Å². The molecular formula is C21H25BrFN3O4. The molecule has 0 saturated heterocycles. The van der Waals surface area contributed by atoms with Crippen molar-refractivity contribution in [3.63, 3.8) is 0 Å². The highest BCUT2D eigenvalue weighted by Gasteiger charge is 2.17. The zero-order chi connectivity index (χ0) is 22.9. The summed E-state index contributed by atoms with van der Waals surface area (Å²) in [5, 5.41) is 4.83. The molecule has 4 N–H and O–H groups in total. The molecule has 2 aromatic carbocycles. The third-order valence-electron chi connectivity index (χ3n) is 3.29. The molecule has 0 unspecified atom stereocenters. The molecule has 2 rings (SSSR count). The van der Waals surface area contributed by atoms with E-state index in [0.717, 1.165) is 5.56 Å². The summed E-state index contributed by atoms with van der Waals surface area (Å²) in [6.45, 7) is 6.72. The summed E-state index contributed by atoms with van der Waals surface area (Å²) in [6, 6.07) is 11.2. The van der Waals surface area contributed by atoms with Crippen LogP contribution in [-0.4, -0.2) is 30.1 Å². The number of alkyl carbamates (subject to hydrolysis) is 1. The number of amides is 3. The molecule has 0 aromatic heterocycles. The number of aryl methyl sites for hydroxylation is 1. The van der Waals surface area contributed by atoms with E-state index in [2.05, 4.69) is 26.6 Å². The van der Waals surface area contributed by atoms with Crippen molar-refractivity contribution in [3.05, 3.63) is 63.9 Å². The van der Waals surface area contributed by atoms with Gasteiger partial charge in [0.2, 0.25) is 5.91 Å². The fourth-order valence-corrected chi connectivity index (χ4v) is 2.46. The fourth-order valence-electron chi connectivity index (χ4n) is 2.10. The van der Waals surface area contributed by atoms with Crippen molar-refractivity contribution in [2.24, 2.45) is 5.73 Å². The van der Waals surface area contributed by atoms with Crippen LogP contribution < -0.4 is 16.4 Å². The molecule has 0 fully saturated rings. The minimum atomic E-state index is -0.700. The van der Waals surface area contributed by atoms with E-state index in [9.17, 15) is 18.8 Å². The summed E-state index contributed by atoms with van der Waals surface area (Å²) in [7, 11) is 0. The highest BCUT2D eigenvalue weighted by atomic mass is 79.9. The van der Waals surface area contributed by atoms with Gasteiger partial charge in [-0.3, -0.25) is 9.59 Å². The number of carbonyl (C=O) groups excluding carboxylic acids is 3. The van der Waals surface area contributed by atoms with Crippen molar-refractivity contribution in [2.75, 3.05) is 11.9 Å². The van der Waals surface area contributed by atoms with Crippen LogP contribution in [0.3, 0.4) is 0 Å². The Morgan fingerprint density at radius 3 is 2.30 bits per heavy atom. The summed E-state index contributed by atoms with van der Waals surface area (Å²) in [5.41, 5.74) is 6.00. The molecule has 0 bridgehead atoms. The zero-order valence-electron chi connectivity index (χ0n) is 17.2. The van der Waals surface area contributed by atoms with E-state index in [1.54, 1.807) is 32.9 Å². The fraction of sp³-hybridized carbons (Fsp3) is 0.286. The monoisotopic (exact) mass is 481 g/mol. The lowest BCUT2D eigenvalue weighted by molar-refractivity contribution is -0.115. The van der Waals surface area contributed by atoms with E-state index in [4.69, 9.17) is 10.5 Å². The third kappa shape index (κ3) is 10.0. The van der Waals surface area contributed by atoms with Gasteiger partial charge in [0.15, 0.2) is 0 Å². The number of primary amides is 1. The van der Waals surface area contributed by atoms with Crippen LogP contribution in [0.1, 0.15) is 36.7 Å². The Hall–Kier alpha value is -2.94. The van der Waals surface area contributed by atoms with Gasteiger partial charge in [0.05, 0.1) is 11.3 Å². The number of rotatable bonds is 4. The second-order valence-corrected chi connectivity index (χ2v) is 8.17. The van der Waals surface area contributed by atoms with Crippen LogP contribution in [0.2, 0.25) is 0 Å². The molecule has 0 atom stereocenters. The Labute approximate surface area is 183 Å². The number of benzene rings is 2. The van der Waals surface area contributed by atoms with Gasteiger partial charge in [0.25, 0.3) is 5.91 Å². The van der Waals surface area contributed by atoms with Gasteiger partial charge in [-0.05, 0) is 63.6 Å². The highest BCUT2D eigenvalue weighted by Crippen LogP contribution is 2.20. The van der Waals surface area contributed by atoms with Gasteiger partial charge in [-0.2, -0.15) is 0 Å². The van der Waals surface area contributed by atoms with E-state index < -0.39 is 23.5 Å². The minimum Gasteiger partial charge on any atom is -0.444 e. The van der Waals surface area contributed by atoms with Crippen molar-refractivity contribution < 1.29 is 23.5 Å². The van der Waals surface area contributed by atoms with Crippen molar-refractivity contribution in [3.8, 4) is 0 Å². The number of ether oxygens (including phenoxy) is 1. The predicted molar refractivity (Wildman–Crippen MR) is 117 cm³/mol. The van der Waals surface area contributed by atoms with Crippen LogP contribution in [0.25, 0.3) is 0 Å². The molecule has 0 heterocycles. The van der Waals surface area contributed by atoms with Crippen LogP contribution >= 0.6 is 15.9 Å². The molecule has 3 amide bonds. The van der Waals surface area contributed by atoms with Gasteiger partial charge in [-0.15, -0.1) is 0 Å². The standard InChI is InChI=1S/C14H18BrN3O4.C7H7F/c1-14(2,3)22-13(21)17-7-11(19)18-10-5-4-8(15)6-9(10)12(16)20;1-6-3-2-4-7(8)5-6/h4-6H,7H2,1-3H3,(H2,16,20)(H,17,21)(H,18,19);2-5H,1H3. The number of carbonyl (C=O) groups is 3. The third-order valence-corrected chi connectivity index (χ3v) is 3.79. The average molecular weight is 482 g/mol. The maximum atomic E-state index is 12.2. The molecule has 0 aliphatic heterocycles. The lowest BCUT2D eigenvalue weighted by Crippen LogP contribution is -2.37. The number of nitrogens with two attached hydrogens (primary N) is 1. The maximum absolute atomic E-state index is 12.2. The number of nitrogens with one attached hydrogen (secondary N) is 2. The molecule has 0 radical (unpaired) electrons. The largest absolute Gasteiger partial charge is 0.444 e. The first-order valence-electron chi connectivity index (χ1n) is 8.95. The first-order valence-corrected chi connectivity index (χ1v) is 9.75. The van der Waals surface area contributed by atoms with Crippen LogP contribution in [0.5, 0.6) is 0 Å². The van der Waals surface area contributed by atoms with Crippen LogP contribution in [0.4, 0.5) is 14.9 Å². The molecular weight excluding hydrogens is 457 g/mol. The normalized spacial score (nSPS) is 10.3. The predicted octanol–water partition coefficient (Wildman–Crippen LogP) is 4.15. The molecule has 0 spiro atoms. The second-order valence-electron chi connectivity index (χ2n) is 7.26. The molecule has 2 aromatic rings. The van der Waals surface area contributed by atoms with Gasteiger partial charge in [0.1, 0.15) is 18.0 Å². The zero-order valence-corrected chi connectivity index (χ0v) is 18.8. The Morgan fingerprint density at radius 1 is 1.13 bits per heavy atom. The highest BCUT2D eigenvalue weighted by molar-refractivity contribution is 9.10. The molecule has 9 heteroatoms. The van der Waals surface area contributed by atoms with Crippen LogP contribution in [-0.2, 0) is 9.53 Å². The molecule has 0 saturated carbocycles. The number of anilines is 1. The Bertz CT molecular complexity index is 896. The SMILES string of the molecule is CC(C)(C)OC(=O)NCC(=O)Nc1ccc(Br)cc1C(N)=O.Cc1cccc(F)c1. The van der Waals surface area contributed by atoms with E-state index in [-0.39, 0.29) is 23.6 Å².